The third kappa shape index (κ3) is 7.24. The summed E-state index contributed by atoms with van der Waals surface area (Å²) in [6, 6.07) is 0. The summed E-state index contributed by atoms with van der Waals surface area (Å²) in [5, 5.41) is 2.97. The van der Waals surface area contributed by atoms with E-state index in [4.69, 9.17) is 9.47 Å². The van der Waals surface area contributed by atoms with Gasteiger partial charge in [-0.2, -0.15) is 17.4 Å². The van der Waals surface area contributed by atoms with Crippen molar-refractivity contribution in [3.63, 3.8) is 0 Å². The Morgan fingerprint density at radius 2 is 2.00 bits per heavy atom. The minimum atomic E-state index is -3.44. The Morgan fingerprint density at radius 1 is 1.33 bits per heavy atom. The predicted octanol–water partition coefficient (Wildman–Crippen LogP) is -0.976. The molecule has 0 radical (unpaired) electrons. The van der Waals surface area contributed by atoms with Gasteiger partial charge in [-0.15, -0.1) is 0 Å². The molecule has 0 aliphatic heterocycles. The van der Waals surface area contributed by atoms with Crippen molar-refractivity contribution in [3.8, 4) is 0 Å². The van der Waals surface area contributed by atoms with E-state index in [9.17, 15) is 8.42 Å². The van der Waals surface area contributed by atoms with Gasteiger partial charge in [0.2, 0.25) is 0 Å². The van der Waals surface area contributed by atoms with Gasteiger partial charge >= 0.3 is 0 Å². The second-order valence-corrected chi connectivity index (χ2v) is 5.81. The first-order valence-electron chi connectivity index (χ1n) is 5.85. The van der Waals surface area contributed by atoms with Crippen molar-refractivity contribution in [1.29, 1.82) is 0 Å². The van der Waals surface area contributed by atoms with Crippen LogP contribution in [0, 0.1) is 0 Å². The average Bonchev–Trinajstić information content (AvgIpc) is 2.34. The smallest absolute Gasteiger partial charge is 0.279 e. The number of nitrogens with one attached hydrogen (secondary N) is 2. The van der Waals surface area contributed by atoms with E-state index >= 15 is 0 Å². The molecule has 0 bridgehead atoms. The first-order valence-corrected chi connectivity index (χ1v) is 7.29. The lowest BCUT2D eigenvalue weighted by Gasteiger charge is -2.20. The lowest BCUT2D eigenvalue weighted by Crippen LogP contribution is -2.43. The zero-order valence-electron chi connectivity index (χ0n) is 11.6. The zero-order valence-corrected chi connectivity index (χ0v) is 12.4. The van der Waals surface area contributed by atoms with Crippen molar-refractivity contribution in [3.05, 3.63) is 0 Å². The molecule has 0 spiro atoms. The normalized spacial score (nSPS) is 14.1. The fourth-order valence-corrected chi connectivity index (χ4v) is 2.29. The molecule has 2 N–H and O–H groups in total. The lowest BCUT2D eigenvalue weighted by atomic mass is 10.4. The molecule has 8 heteroatoms. The number of nitrogens with zero attached hydrogens (tertiary/aromatic N) is 1. The van der Waals surface area contributed by atoms with Crippen molar-refractivity contribution in [2.45, 2.75) is 12.5 Å². The highest BCUT2D eigenvalue weighted by Gasteiger charge is 2.18. The van der Waals surface area contributed by atoms with Crippen molar-refractivity contribution in [2.75, 3.05) is 54.6 Å². The van der Waals surface area contributed by atoms with E-state index in [1.54, 1.807) is 14.2 Å². The van der Waals surface area contributed by atoms with Crippen molar-refractivity contribution in [1.82, 2.24) is 14.3 Å². The summed E-state index contributed by atoms with van der Waals surface area (Å²) >= 11 is 0. The molecule has 0 fully saturated rings. The van der Waals surface area contributed by atoms with E-state index in [2.05, 4.69) is 10.0 Å². The van der Waals surface area contributed by atoms with Crippen molar-refractivity contribution >= 4 is 10.2 Å². The third-order valence-electron chi connectivity index (χ3n) is 2.49. The molecule has 1 atom stereocenters. The SMILES string of the molecule is CNCCCN(C)S(=O)(=O)NCC(COC)OC. The highest BCUT2D eigenvalue weighted by atomic mass is 32.2. The first kappa shape index (κ1) is 17.8. The van der Waals surface area contributed by atoms with Crippen LogP contribution in [0.2, 0.25) is 0 Å². The fourth-order valence-electron chi connectivity index (χ4n) is 1.30. The topological polar surface area (TPSA) is 79.9 Å². The van der Waals surface area contributed by atoms with Gasteiger partial charge < -0.3 is 14.8 Å². The van der Waals surface area contributed by atoms with Gasteiger partial charge in [0.1, 0.15) is 0 Å². The number of rotatable bonds is 11. The molecule has 110 valence electrons. The van der Waals surface area contributed by atoms with Gasteiger partial charge in [-0.05, 0) is 20.0 Å². The van der Waals surface area contributed by atoms with Crippen LogP contribution in [0.4, 0.5) is 0 Å². The Bertz CT molecular complexity index is 297. The van der Waals surface area contributed by atoms with Crippen LogP contribution < -0.4 is 10.0 Å². The van der Waals surface area contributed by atoms with Crippen LogP contribution in [-0.2, 0) is 19.7 Å². The zero-order chi connectivity index (χ0) is 14.0. The van der Waals surface area contributed by atoms with Gasteiger partial charge in [0, 0.05) is 34.4 Å². The van der Waals surface area contributed by atoms with Crippen LogP contribution in [0.15, 0.2) is 0 Å². The van der Waals surface area contributed by atoms with Crippen LogP contribution in [0.1, 0.15) is 6.42 Å². The molecule has 0 aliphatic carbocycles. The van der Waals surface area contributed by atoms with E-state index < -0.39 is 10.2 Å². The molecule has 0 aromatic rings. The summed E-state index contributed by atoms with van der Waals surface area (Å²) in [6.45, 7) is 1.80. The lowest BCUT2D eigenvalue weighted by molar-refractivity contribution is 0.0318. The summed E-state index contributed by atoms with van der Waals surface area (Å²) in [5.74, 6) is 0. The maximum Gasteiger partial charge on any atom is 0.279 e. The highest BCUT2D eigenvalue weighted by molar-refractivity contribution is 7.87. The van der Waals surface area contributed by atoms with Gasteiger partial charge in [0.25, 0.3) is 10.2 Å². The fraction of sp³-hybridized carbons (Fsp3) is 1.00. The molecule has 1 unspecified atom stereocenters. The Morgan fingerprint density at radius 3 is 2.50 bits per heavy atom. The van der Waals surface area contributed by atoms with E-state index in [-0.39, 0.29) is 12.6 Å². The summed E-state index contributed by atoms with van der Waals surface area (Å²) < 4.78 is 37.5. The predicted molar refractivity (Wildman–Crippen MR) is 70.8 cm³/mol. The quantitative estimate of drug-likeness (QED) is 0.477. The van der Waals surface area contributed by atoms with Crippen molar-refractivity contribution in [2.24, 2.45) is 0 Å². The molecule has 0 aromatic heterocycles. The third-order valence-corrected chi connectivity index (χ3v) is 4.02. The van der Waals surface area contributed by atoms with Crippen LogP contribution >= 0.6 is 0 Å². The molecule has 0 saturated carbocycles. The maximum atomic E-state index is 11.8. The van der Waals surface area contributed by atoms with Gasteiger partial charge in [-0.25, -0.2) is 0 Å². The van der Waals surface area contributed by atoms with Crippen LogP contribution in [0.5, 0.6) is 0 Å². The largest absolute Gasteiger partial charge is 0.382 e. The first-order chi connectivity index (χ1) is 8.47. The second-order valence-electron chi connectivity index (χ2n) is 3.95. The van der Waals surface area contributed by atoms with Crippen LogP contribution in [0.25, 0.3) is 0 Å². The van der Waals surface area contributed by atoms with E-state index in [1.165, 1.54) is 11.4 Å². The van der Waals surface area contributed by atoms with Crippen LogP contribution in [0.3, 0.4) is 0 Å². The Kier molecular flexibility index (Phi) is 9.52. The van der Waals surface area contributed by atoms with Gasteiger partial charge in [0.15, 0.2) is 0 Å². The summed E-state index contributed by atoms with van der Waals surface area (Å²) in [5.41, 5.74) is 0. The molecular formula is C10H25N3O4S. The minimum absolute atomic E-state index is 0.197. The van der Waals surface area contributed by atoms with Crippen LogP contribution in [-0.4, -0.2) is 73.4 Å². The Balaban J connectivity index is 4.12. The molecule has 0 heterocycles. The van der Waals surface area contributed by atoms with Crippen molar-refractivity contribution < 1.29 is 17.9 Å². The molecule has 0 amide bonds. The van der Waals surface area contributed by atoms with Gasteiger partial charge in [-0.1, -0.05) is 0 Å². The number of hydrogen-bond acceptors (Lipinski definition) is 5. The molecule has 0 aromatic carbocycles. The molecule has 0 aliphatic rings. The van der Waals surface area contributed by atoms with E-state index in [0.717, 1.165) is 13.0 Å². The monoisotopic (exact) mass is 283 g/mol. The second kappa shape index (κ2) is 9.65. The number of hydrogen-bond donors (Lipinski definition) is 2. The average molecular weight is 283 g/mol. The standard InChI is InChI=1S/C10H25N3O4S/c1-11-6-5-7-13(2)18(14,15)12-8-10(17-4)9-16-3/h10-12H,5-9H2,1-4H3. The maximum absolute atomic E-state index is 11.8. The summed E-state index contributed by atoms with van der Waals surface area (Å²) in [4.78, 5) is 0. The number of ether oxygens (including phenoxy) is 2. The van der Waals surface area contributed by atoms with E-state index in [0.29, 0.717) is 13.2 Å². The molecule has 18 heavy (non-hydrogen) atoms. The Labute approximate surface area is 110 Å². The van der Waals surface area contributed by atoms with Gasteiger partial charge in [0.05, 0.1) is 12.7 Å². The molecular weight excluding hydrogens is 258 g/mol. The number of methoxy groups -OCH3 is 2. The van der Waals surface area contributed by atoms with E-state index in [1.807, 2.05) is 7.05 Å². The minimum Gasteiger partial charge on any atom is -0.382 e. The summed E-state index contributed by atoms with van der Waals surface area (Å²) in [7, 11) is 3.01. The molecule has 7 nitrogen and oxygen atoms in total. The highest BCUT2D eigenvalue weighted by Crippen LogP contribution is 1.97. The van der Waals surface area contributed by atoms with Gasteiger partial charge in [-0.3, -0.25) is 0 Å². The molecule has 0 rings (SSSR count). The molecule has 0 saturated heterocycles. The summed E-state index contributed by atoms with van der Waals surface area (Å²) in [6.07, 6.45) is 0.482. The Hall–Kier alpha value is -0.250.